The van der Waals surface area contributed by atoms with Crippen LogP contribution in [0.1, 0.15) is 16.3 Å². The van der Waals surface area contributed by atoms with Crippen LogP contribution in [0.4, 0.5) is 18.9 Å². The van der Waals surface area contributed by atoms with Crippen LogP contribution in [-0.2, 0) is 6.18 Å². The molecule has 0 spiro atoms. The van der Waals surface area contributed by atoms with Crippen molar-refractivity contribution in [2.45, 2.75) is 6.18 Å². The first kappa shape index (κ1) is 13.7. The SMILES string of the molecule is O=Cc1nc(C(F)(F)F)cn1-c1ccc([N+](=O)[O-])cc1. The molecule has 9 heteroatoms. The molecule has 0 N–H and O–H groups in total. The van der Waals surface area contributed by atoms with E-state index < -0.39 is 22.6 Å². The van der Waals surface area contributed by atoms with Crippen molar-refractivity contribution in [3.63, 3.8) is 0 Å². The van der Waals surface area contributed by atoms with E-state index in [9.17, 15) is 28.1 Å². The van der Waals surface area contributed by atoms with Crippen molar-refractivity contribution in [1.82, 2.24) is 9.55 Å². The van der Waals surface area contributed by atoms with Crippen molar-refractivity contribution in [1.29, 1.82) is 0 Å². The summed E-state index contributed by atoms with van der Waals surface area (Å²) >= 11 is 0. The molecule has 0 saturated carbocycles. The van der Waals surface area contributed by atoms with E-state index in [-0.39, 0.29) is 17.7 Å². The van der Waals surface area contributed by atoms with Gasteiger partial charge in [-0.3, -0.25) is 19.5 Å². The van der Waals surface area contributed by atoms with Gasteiger partial charge < -0.3 is 0 Å². The number of carbonyl (C=O) groups is 1. The molecule has 2 aromatic rings. The standard InChI is InChI=1S/C11H6F3N3O3/c12-11(13,14)9-5-16(10(6-18)15-9)7-1-3-8(4-2-7)17(19)20/h1-6H. The molecule has 1 heterocycles. The van der Waals surface area contributed by atoms with Crippen LogP contribution in [0, 0.1) is 10.1 Å². The number of nitro benzene ring substituents is 1. The van der Waals surface area contributed by atoms with E-state index in [1.54, 1.807) is 0 Å². The normalized spacial score (nSPS) is 11.3. The average Bonchev–Trinajstić information content (AvgIpc) is 2.82. The summed E-state index contributed by atoms with van der Waals surface area (Å²) in [4.78, 5) is 23.8. The van der Waals surface area contributed by atoms with E-state index in [1.807, 2.05) is 0 Å². The Hall–Kier alpha value is -2.71. The van der Waals surface area contributed by atoms with E-state index in [4.69, 9.17) is 0 Å². The first-order valence-corrected chi connectivity index (χ1v) is 5.19. The van der Waals surface area contributed by atoms with Crippen LogP contribution in [-0.4, -0.2) is 20.8 Å². The van der Waals surface area contributed by atoms with Gasteiger partial charge in [0, 0.05) is 24.0 Å². The van der Waals surface area contributed by atoms with Crippen LogP contribution in [0.5, 0.6) is 0 Å². The minimum atomic E-state index is -4.68. The lowest BCUT2D eigenvalue weighted by atomic mass is 10.3. The lowest BCUT2D eigenvalue weighted by Gasteiger charge is -2.03. The third kappa shape index (κ3) is 2.51. The van der Waals surface area contributed by atoms with Crippen molar-refractivity contribution < 1.29 is 22.9 Å². The van der Waals surface area contributed by atoms with Crippen molar-refractivity contribution in [2.75, 3.05) is 0 Å². The Morgan fingerprint density at radius 1 is 1.25 bits per heavy atom. The van der Waals surface area contributed by atoms with Crippen LogP contribution in [0.2, 0.25) is 0 Å². The second-order valence-electron chi connectivity index (χ2n) is 3.74. The molecule has 0 aliphatic rings. The smallest absolute Gasteiger partial charge is 0.297 e. The number of hydrogen-bond donors (Lipinski definition) is 0. The zero-order valence-corrected chi connectivity index (χ0v) is 9.66. The van der Waals surface area contributed by atoms with E-state index >= 15 is 0 Å². The number of halogens is 3. The maximum Gasteiger partial charge on any atom is 0.434 e. The summed E-state index contributed by atoms with van der Waals surface area (Å²) in [6.45, 7) is 0. The Morgan fingerprint density at radius 2 is 1.85 bits per heavy atom. The number of nitrogens with zero attached hydrogens (tertiary/aromatic N) is 3. The third-order valence-electron chi connectivity index (χ3n) is 2.47. The van der Waals surface area contributed by atoms with E-state index in [1.165, 1.54) is 12.1 Å². The second-order valence-corrected chi connectivity index (χ2v) is 3.74. The zero-order valence-electron chi connectivity index (χ0n) is 9.66. The van der Waals surface area contributed by atoms with Crippen molar-refractivity contribution in [3.05, 3.63) is 52.1 Å². The first-order chi connectivity index (χ1) is 9.32. The Labute approximate surface area is 109 Å². The monoisotopic (exact) mass is 285 g/mol. The van der Waals surface area contributed by atoms with Gasteiger partial charge in [-0.15, -0.1) is 0 Å². The van der Waals surface area contributed by atoms with Gasteiger partial charge in [0.2, 0.25) is 0 Å². The maximum absolute atomic E-state index is 12.5. The quantitative estimate of drug-likeness (QED) is 0.493. The molecule has 0 atom stereocenters. The summed E-state index contributed by atoms with van der Waals surface area (Å²) in [6.07, 6.45) is -3.84. The summed E-state index contributed by atoms with van der Waals surface area (Å²) in [6, 6.07) is 4.70. The molecule has 0 bridgehead atoms. The number of aromatic nitrogens is 2. The number of alkyl halides is 3. The summed E-state index contributed by atoms with van der Waals surface area (Å²) in [7, 11) is 0. The Morgan fingerprint density at radius 3 is 2.30 bits per heavy atom. The molecule has 0 radical (unpaired) electrons. The van der Waals surface area contributed by atoms with Crippen LogP contribution in [0.3, 0.4) is 0 Å². The van der Waals surface area contributed by atoms with Gasteiger partial charge in [0.25, 0.3) is 5.69 Å². The number of benzene rings is 1. The van der Waals surface area contributed by atoms with Crippen LogP contribution < -0.4 is 0 Å². The zero-order chi connectivity index (χ0) is 14.9. The van der Waals surface area contributed by atoms with Gasteiger partial charge in [0.05, 0.1) is 4.92 Å². The predicted octanol–water partition coefficient (Wildman–Crippen LogP) is 2.61. The fourth-order valence-electron chi connectivity index (χ4n) is 1.56. The Bertz CT molecular complexity index is 662. The topological polar surface area (TPSA) is 78.0 Å². The molecule has 0 unspecified atom stereocenters. The van der Waals surface area contributed by atoms with Crippen molar-refractivity contribution in [2.24, 2.45) is 0 Å². The second kappa shape index (κ2) is 4.76. The number of carbonyl (C=O) groups excluding carboxylic acids is 1. The van der Waals surface area contributed by atoms with Crippen molar-refractivity contribution >= 4 is 12.0 Å². The molecular weight excluding hydrogens is 279 g/mol. The number of nitro groups is 1. The summed E-state index contributed by atoms with van der Waals surface area (Å²) in [5, 5.41) is 10.5. The molecule has 0 amide bonds. The van der Waals surface area contributed by atoms with E-state index in [2.05, 4.69) is 4.98 Å². The highest BCUT2D eigenvalue weighted by molar-refractivity contribution is 5.71. The largest absolute Gasteiger partial charge is 0.434 e. The Kier molecular flexibility index (Phi) is 3.26. The van der Waals surface area contributed by atoms with Gasteiger partial charge in [0.1, 0.15) is 0 Å². The lowest BCUT2D eigenvalue weighted by molar-refractivity contribution is -0.384. The Balaban J connectivity index is 2.49. The third-order valence-corrected chi connectivity index (χ3v) is 2.47. The minimum absolute atomic E-state index is 0.167. The molecule has 0 saturated heterocycles. The number of imidazole rings is 1. The molecule has 0 aliphatic carbocycles. The summed E-state index contributed by atoms with van der Waals surface area (Å²) in [5.74, 6) is -0.439. The molecule has 6 nitrogen and oxygen atoms in total. The van der Waals surface area contributed by atoms with Crippen LogP contribution in [0.25, 0.3) is 5.69 Å². The molecule has 0 fully saturated rings. The van der Waals surface area contributed by atoms with E-state index in [0.717, 1.165) is 16.7 Å². The fourth-order valence-corrected chi connectivity index (χ4v) is 1.56. The van der Waals surface area contributed by atoms with Crippen LogP contribution in [0.15, 0.2) is 30.5 Å². The predicted molar refractivity (Wildman–Crippen MR) is 60.6 cm³/mol. The van der Waals surface area contributed by atoms with E-state index in [0.29, 0.717) is 6.20 Å². The van der Waals surface area contributed by atoms with Gasteiger partial charge >= 0.3 is 6.18 Å². The summed E-state index contributed by atoms with van der Waals surface area (Å²) in [5.41, 5.74) is -1.25. The van der Waals surface area contributed by atoms with Gasteiger partial charge in [-0.1, -0.05) is 0 Å². The molecule has 104 valence electrons. The highest BCUT2D eigenvalue weighted by Gasteiger charge is 2.34. The highest BCUT2D eigenvalue weighted by atomic mass is 19.4. The lowest BCUT2D eigenvalue weighted by Crippen LogP contribution is -2.05. The average molecular weight is 285 g/mol. The number of rotatable bonds is 3. The fraction of sp³-hybridized carbons (Fsp3) is 0.0909. The van der Waals surface area contributed by atoms with Crippen LogP contribution >= 0.6 is 0 Å². The summed E-state index contributed by atoms with van der Waals surface area (Å²) < 4.78 is 38.5. The molecule has 1 aromatic heterocycles. The molecule has 0 aliphatic heterocycles. The van der Waals surface area contributed by atoms with Crippen molar-refractivity contribution in [3.8, 4) is 5.69 Å². The highest BCUT2D eigenvalue weighted by Crippen LogP contribution is 2.29. The van der Waals surface area contributed by atoms with Gasteiger partial charge in [-0.25, -0.2) is 4.98 Å². The van der Waals surface area contributed by atoms with Gasteiger partial charge in [0.15, 0.2) is 17.8 Å². The molecule has 2 rings (SSSR count). The number of aldehydes is 1. The molecular formula is C11H6F3N3O3. The number of hydrogen-bond acceptors (Lipinski definition) is 4. The molecule has 20 heavy (non-hydrogen) atoms. The first-order valence-electron chi connectivity index (χ1n) is 5.19. The number of non-ortho nitro benzene ring substituents is 1. The maximum atomic E-state index is 12.5. The minimum Gasteiger partial charge on any atom is -0.297 e. The molecule has 1 aromatic carbocycles. The van der Waals surface area contributed by atoms with Gasteiger partial charge in [-0.2, -0.15) is 13.2 Å². The van der Waals surface area contributed by atoms with Gasteiger partial charge in [-0.05, 0) is 12.1 Å².